The molecule has 0 spiro atoms. The van der Waals surface area contributed by atoms with Gasteiger partial charge in [-0.15, -0.1) is 0 Å². The molecular weight excluding hydrogens is 447 g/mol. The summed E-state index contributed by atoms with van der Waals surface area (Å²) in [6.45, 7) is 1.65. The molecule has 4 rings (SSSR count). The summed E-state index contributed by atoms with van der Waals surface area (Å²) in [6.07, 6.45) is -0.238. The van der Waals surface area contributed by atoms with Crippen molar-refractivity contribution in [3.8, 4) is 18.2 Å². The van der Waals surface area contributed by atoms with Gasteiger partial charge in [0.25, 0.3) is 0 Å². The minimum atomic E-state index is -1.94. The second kappa shape index (κ2) is 7.80. The SMILES string of the molecule is CC1C2(c3ccc(Cl)cc3Cl)OC(=N)C1(C#N)C(C#N)(C#N)C(CCc1ccccc1)O2. The maximum Gasteiger partial charge on any atom is 0.245 e. The lowest BCUT2D eigenvalue weighted by Gasteiger charge is -2.49. The first kappa shape index (κ1) is 22.1. The summed E-state index contributed by atoms with van der Waals surface area (Å²) in [4.78, 5) is 0. The highest BCUT2D eigenvalue weighted by Gasteiger charge is 2.79. The first-order valence-corrected chi connectivity index (χ1v) is 10.8. The largest absolute Gasteiger partial charge is 0.443 e. The van der Waals surface area contributed by atoms with Crippen LogP contribution in [0.5, 0.6) is 0 Å². The molecule has 4 unspecified atom stereocenters. The minimum Gasteiger partial charge on any atom is -0.443 e. The third-order valence-corrected chi connectivity index (χ3v) is 7.18. The summed E-state index contributed by atoms with van der Waals surface area (Å²) in [7, 11) is 0. The van der Waals surface area contributed by atoms with Crippen LogP contribution in [0.3, 0.4) is 0 Å². The minimum absolute atomic E-state index is 0.245. The fourth-order valence-electron chi connectivity index (χ4n) is 4.93. The number of nitrogens with one attached hydrogen (secondary N) is 1. The van der Waals surface area contributed by atoms with Gasteiger partial charge in [0.15, 0.2) is 10.8 Å². The molecule has 2 aliphatic heterocycles. The highest BCUT2D eigenvalue weighted by Crippen LogP contribution is 2.66. The molecule has 2 aromatic rings. The van der Waals surface area contributed by atoms with Gasteiger partial charge in [0.05, 0.1) is 35.3 Å². The van der Waals surface area contributed by atoms with Gasteiger partial charge in [0.1, 0.15) is 0 Å². The zero-order valence-electron chi connectivity index (χ0n) is 17.1. The van der Waals surface area contributed by atoms with E-state index >= 15 is 0 Å². The normalized spacial score (nSPS) is 29.9. The zero-order chi connectivity index (χ0) is 23.1. The number of fused-ring (bicyclic) bond motifs is 2. The second-order valence-corrected chi connectivity index (χ2v) is 8.87. The molecule has 0 radical (unpaired) electrons. The first-order chi connectivity index (χ1) is 15.3. The monoisotopic (exact) mass is 464 g/mol. The van der Waals surface area contributed by atoms with E-state index in [-0.39, 0.29) is 11.4 Å². The van der Waals surface area contributed by atoms with E-state index in [0.29, 0.717) is 17.0 Å². The topological polar surface area (TPSA) is 114 Å². The molecule has 2 fully saturated rings. The Labute approximate surface area is 196 Å². The highest BCUT2D eigenvalue weighted by atomic mass is 35.5. The van der Waals surface area contributed by atoms with E-state index in [2.05, 4.69) is 6.07 Å². The van der Waals surface area contributed by atoms with Crippen molar-refractivity contribution in [2.24, 2.45) is 16.7 Å². The highest BCUT2D eigenvalue weighted by molar-refractivity contribution is 6.35. The Morgan fingerprint density at radius 1 is 1.03 bits per heavy atom. The molecule has 2 aliphatic rings. The number of hydrogen-bond acceptors (Lipinski definition) is 6. The van der Waals surface area contributed by atoms with Gasteiger partial charge in [-0.3, -0.25) is 5.41 Å². The maximum absolute atomic E-state index is 10.3. The Balaban J connectivity index is 1.89. The Morgan fingerprint density at radius 3 is 2.31 bits per heavy atom. The van der Waals surface area contributed by atoms with Crippen molar-refractivity contribution in [3.63, 3.8) is 0 Å². The lowest BCUT2D eigenvalue weighted by Crippen LogP contribution is -2.61. The van der Waals surface area contributed by atoms with Gasteiger partial charge in [0, 0.05) is 10.6 Å². The molecule has 0 saturated carbocycles. The van der Waals surface area contributed by atoms with Crippen LogP contribution < -0.4 is 0 Å². The average Bonchev–Trinajstić information content (AvgIpc) is 2.95. The molecular formula is C24H18Cl2N4O2. The Bertz CT molecular complexity index is 1200. The van der Waals surface area contributed by atoms with Crippen LogP contribution in [0.2, 0.25) is 10.0 Å². The van der Waals surface area contributed by atoms with Crippen molar-refractivity contribution in [2.75, 3.05) is 0 Å². The van der Waals surface area contributed by atoms with Gasteiger partial charge in [-0.2, -0.15) is 15.8 Å². The maximum atomic E-state index is 10.3. The number of ether oxygens (including phenoxy) is 2. The predicted octanol–water partition coefficient (Wildman–Crippen LogP) is 5.36. The van der Waals surface area contributed by atoms with Gasteiger partial charge in [-0.25, -0.2) is 0 Å². The molecule has 0 aromatic heterocycles. The molecule has 2 aromatic carbocycles. The molecule has 8 heteroatoms. The van der Waals surface area contributed by atoms with Gasteiger partial charge in [0.2, 0.25) is 11.7 Å². The Hall–Kier alpha value is -3.08. The van der Waals surface area contributed by atoms with Crippen molar-refractivity contribution in [1.29, 1.82) is 21.2 Å². The molecule has 0 amide bonds. The van der Waals surface area contributed by atoms with Gasteiger partial charge in [-0.05, 0) is 36.6 Å². The smallest absolute Gasteiger partial charge is 0.245 e. The number of aryl methyl sites for hydroxylation is 1. The van der Waals surface area contributed by atoms with E-state index in [1.807, 2.05) is 42.5 Å². The third-order valence-electron chi connectivity index (χ3n) is 6.63. The van der Waals surface area contributed by atoms with E-state index in [0.717, 1.165) is 5.56 Å². The number of hydrogen-bond donors (Lipinski definition) is 1. The van der Waals surface area contributed by atoms with Crippen molar-refractivity contribution >= 4 is 29.1 Å². The standard InChI is InChI=1S/C24H18Cl2N4O2/c1-15-23(14-29)21(30)32-24(15,18-9-8-17(25)11-19(18)26)31-20(22(23,12-27)13-28)10-7-16-5-3-2-4-6-16/h2-6,8-9,11,15,20,30H,7,10H2,1H3. The number of nitriles is 3. The van der Waals surface area contributed by atoms with Crippen molar-refractivity contribution < 1.29 is 9.47 Å². The predicted molar refractivity (Wildman–Crippen MR) is 117 cm³/mol. The molecule has 32 heavy (non-hydrogen) atoms. The van der Waals surface area contributed by atoms with Crippen molar-refractivity contribution in [1.82, 2.24) is 0 Å². The zero-order valence-corrected chi connectivity index (χ0v) is 18.6. The van der Waals surface area contributed by atoms with Crippen LogP contribution in [-0.2, 0) is 21.7 Å². The molecule has 2 saturated heterocycles. The third kappa shape index (κ3) is 2.76. The van der Waals surface area contributed by atoms with Crippen molar-refractivity contribution in [3.05, 3.63) is 69.7 Å². The van der Waals surface area contributed by atoms with Gasteiger partial charge < -0.3 is 9.47 Å². The summed E-state index contributed by atoms with van der Waals surface area (Å²) < 4.78 is 12.4. The van der Waals surface area contributed by atoms with Gasteiger partial charge in [-0.1, -0.05) is 60.5 Å². The summed E-state index contributed by atoms with van der Waals surface area (Å²) in [5.74, 6) is -2.94. The number of nitrogens with zero attached hydrogens (tertiary/aromatic N) is 3. The number of rotatable bonds is 4. The average molecular weight is 465 g/mol. The van der Waals surface area contributed by atoms with Crippen LogP contribution in [0.1, 0.15) is 24.5 Å². The van der Waals surface area contributed by atoms with E-state index in [1.165, 1.54) is 6.07 Å². The fraction of sp³-hybridized carbons (Fsp3) is 0.333. The quantitative estimate of drug-likeness (QED) is 0.653. The van der Waals surface area contributed by atoms with Crippen molar-refractivity contribution in [2.45, 2.75) is 31.7 Å². The molecule has 2 bridgehead atoms. The molecule has 1 N–H and O–H groups in total. The molecule has 2 heterocycles. The van der Waals surface area contributed by atoms with E-state index in [4.69, 9.17) is 38.1 Å². The summed E-state index contributed by atoms with van der Waals surface area (Å²) in [6, 6.07) is 20.5. The second-order valence-electron chi connectivity index (χ2n) is 8.03. The van der Waals surface area contributed by atoms with Gasteiger partial charge >= 0.3 is 0 Å². The van der Waals surface area contributed by atoms with Crippen LogP contribution in [-0.4, -0.2) is 12.0 Å². The van der Waals surface area contributed by atoms with Crippen LogP contribution >= 0.6 is 23.2 Å². The molecule has 4 atom stereocenters. The summed E-state index contributed by atoms with van der Waals surface area (Å²) >= 11 is 12.5. The van der Waals surface area contributed by atoms with Crippen LogP contribution in [0.25, 0.3) is 0 Å². The Morgan fingerprint density at radius 2 is 1.72 bits per heavy atom. The summed E-state index contributed by atoms with van der Waals surface area (Å²) in [5, 5.41) is 40.0. The first-order valence-electron chi connectivity index (χ1n) is 10.0. The van der Waals surface area contributed by atoms with E-state index in [9.17, 15) is 15.8 Å². The molecule has 6 nitrogen and oxygen atoms in total. The lowest BCUT2D eigenvalue weighted by molar-refractivity contribution is -0.286. The van der Waals surface area contributed by atoms with Crippen LogP contribution in [0.15, 0.2) is 48.5 Å². The van der Waals surface area contributed by atoms with Crippen LogP contribution in [0.4, 0.5) is 0 Å². The fourth-order valence-corrected chi connectivity index (χ4v) is 5.47. The Kier molecular flexibility index (Phi) is 5.40. The molecule has 0 aliphatic carbocycles. The van der Waals surface area contributed by atoms with E-state index in [1.54, 1.807) is 19.1 Å². The number of benzene rings is 2. The summed E-state index contributed by atoms with van der Waals surface area (Å²) in [5.41, 5.74) is -2.38. The molecule has 160 valence electrons. The van der Waals surface area contributed by atoms with E-state index < -0.39 is 34.5 Å². The number of halogens is 2. The lowest BCUT2D eigenvalue weighted by atomic mass is 9.53. The van der Waals surface area contributed by atoms with Crippen LogP contribution in [0, 0.1) is 56.2 Å².